The van der Waals surface area contributed by atoms with Crippen LogP contribution in [0.4, 0.5) is 14.5 Å². The van der Waals surface area contributed by atoms with E-state index in [1.807, 2.05) is 0 Å². The van der Waals surface area contributed by atoms with Crippen molar-refractivity contribution < 1.29 is 32.6 Å². The van der Waals surface area contributed by atoms with E-state index in [9.17, 15) is 18.4 Å². The highest BCUT2D eigenvalue weighted by Gasteiger charge is 2.14. The summed E-state index contributed by atoms with van der Waals surface area (Å²) in [7, 11) is 2.85. The molecule has 0 heterocycles. The van der Waals surface area contributed by atoms with Gasteiger partial charge in [-0.2, -0.15) is 0 Å². The average Bonchev–Trinajstić information content (AvgIpc) is 2.58. The maximum atomic E-state index is 13.1. The Morgan fingerprint density at radius 2 is 1.48 bits per heavy atom. The minimum absolute atomic E-state index is 0.0819. The van der Waals surface area contributed by atoms with Crippen LogP contribution in [-0.2, 0) is 9.53 Å². The van der Waals surface area contributed by atoms with Gasteiger partial charge in [-0.25, -0.2) is 13.6 Å². The number of carbonyl (C=O) groups excluding carboxylic acids is 2. The number of hydrogen-bond acceptors (Lipinski definition) is 5. The minimum atomic E-state index is -0.837. The molecule has 0 radical (unpaired) electrons. The van der Waals surface area contributed by atoms with E-state index in [2.05, 4.69) is 5.32 Å². The molecule has 0 aliphatic rings. The maximum Gasteiger partial charge on any atom is 0.338 e. The summed E-state index contributed by atoms with van der Waals surface area (Å²) >= 11 is 0. The molecular formula is C17H15F2NO5. The summed E-state index contributed by atoms with van der Waals surface area (Å²) in [6.45, 7) is -0.628. The number of hydrogen-bond donors (Lipinski definition) is 1. The average molecular weight is 351 g/mol. The fourth-order valence-electron chi connectivity index (χ4n) is 1.96. The topological polar surface area (TPSA) is 73.9 Å². The second-order valence-electron chi connectivity index (χ2n) is 4.88. The van der Waals surface area contributed by atoms with Crippen molar-refractivity contribution in [3.8, 4) is 11.5 Å². The van der Waals surface area contributed by atoms with Crippen LogP contribution in [0.25, 0.3) is 0 Å². The minimum Gasteiger partial charge on any atom is -0.497 e. The SMILES string of the molecule is COc1cc(OC)cc(C(=O)OCC(=O)Nc2cc(F)cc(F)c2)c1. The molecule has 2 aromatic carbocycles. The molecule has 6 nitrogen and oxygen atoms in total. The third-order valence-electron chi connectivity index (χ3n) is 3.07. The molecule has 2 aromatic rings. The van der Waals surface area contributed by atoms with Gasteiger partial charge in [0.05, 0.1) is 19.8 Å². The highest BCUT2D eigenvalue weighted by molar-refractivity contribution is 5.95. The zero-order valence-electron chi connectivity index (χ0n) is 13.5. The molecule has 0 fully saturated rings. The van der Waals surface area contributed by atoms with Gasteiger partial charge in [0.25, 0.3) is 5.91 Å². The maximum absolute atomic E-state index is 13.1. The van der Waals surface area contributed by atoms with Crippen molar-refractivity contribution in [1.82, 2.24) is 0 Å². The van der Waals surface area contributed by atoms with Crippen molar-refractivity contribution in [2.45, 2.75) is 0 Å². The number of amides is 1. The first-order valence-corrected chi connectivity index (χ1v) is 7.07. The molecule has 0 bridgehead atoms. The molecule has 0 atom stereocenters. The van der Waals surface area contributed by atoms with Crippen LogP contribution >= 0.6 is 0 Å². The Hall–Kier alpha value is -3.16. The third kappa shape index (κ3) is 5.17. The van der Waals surface area contributed by atoms with Crippen LogP contribution in [0.1, 0.15) is 10.4 Å². The first-order chi connectivity index (χ1) is 11.9. The van der Waals surface area contributed by atoms with Crippen molar-refractivity contribution in [2.75, 3.05) is 26.1 Å². The first kappa shape index (κ1) is 18.2. The summed E-state index contributed by atoms with van der Waals surface area (Å²) < 4.78 is 41.1. The Balaban J connectivity index is 1.98. The smallest absolute Gasteiger partial charge is 0.338 e. The van der Waals surface area contributed by atoms with Crippen molar-refractivity contribution in [2.24, 2.45) is 0 Å². The first-order valence-electron chi connectivity index (χ1n) is 7.07. The number of methoxy groups -OCH3 is 2. The van der Waals surface area contributed by atoms with Crippen molar-refractivity contribution in [3.63, 3.8) is 0 Å². The lowest BCUT2D eigenvalue weighted by atomic mass is 10.2. The van der Waals surface area contributed by atoms with Gasteiger partial charge in [0.2, 0.25) is 0 Å². The number of ether oxygens (including phenoxy) is 3. The second kappa shape index (κ2) is 8.09. The third-order valence-corrected chi connectivity index (χ3v) is 3.07. The van der Waals surface area contributed by atoms with Gasteiger partial charge in [-0.1, -0.05) is 0 Å². The molecule has 0 aliphatic carbocycles. The van der Waals surface area contributed by atoms with E-state index >= 15 is 0 Å². The fraction of sp³-hybridized carbons (Fsp3) is 0.176. The van der Waals surface area contributed by atoms with Crippen molar-refractivity contribution in [3.05, 3.63) is 53.6 Å². The number of anilines is 1. The van der Waals surface area contributed by atoms with Gasteiger partial charge in [0, 0.05) is 17.8 Å². The van der Waals surface area contributed by atoms with Crippen LogP contribution in [-0.4, -0.2) is 32.7 Å². The molecule has 0 spiro atoms. The van der Waals surface area contributed by atoms with Crippen LogP contribution in [0.5, 0.6) is 11.5 Å². The van der Waals surface area contributed by atoms with Crippen LogP contribution in [0, 0.1) is 11.6 Å². The van der Waals surface area contributed by atoms with Gasteiger partial charge >= 0.3 is 5.97 Å². The number of rotatable bonds is 6. The number of nitrogens with one attached hydrogen (secondary N) is 1. The molecule has 25 heavy (non-hydrogen) atoms. The number of carbonyl (C=O) groups is 2. The van der Waals surface area contributed by atoms with E-state index in [1.54, 1.807) is 6.07 Å². The van der Waals surface area contributed by atoms with Gasteiger partial charge < -0.3 is 19.5 Å². The summed E-state index contributed by atoms with van der Waals surface area (Å²) in [5.41, 5.74) is 0.0439. The molecule has 2 rings (SSSR count). The van der Waals surface area contributed by atoms with Gasteiger partial charge in [-0.3, -0.25) is 4.79 Å². The summed E-state index contributed by atoms with van der Waals surface area (Å²) in [5.74, 6) is -2.44. The fourth-order valence-corrected chi connectivity index (χ4v) is 1.96. The number of benzene rings is 2. The molecule has 132 valence electrons. The molecule has 1 N–H and O–H groups in total. The predicted molar refractivity (Wildman–Crippen MR) is 84.8 cm³/mol. The normalized spacial score (nSPS) is 10.1. The molecule has 0 unspecified atom stereocenters. The standard InChI is InChI=1S/C17H15F2NO5/c1-23-14-3-10(4-15(8-14)24-2)17(22)25-9-16(21)20-13-6-11(18)5-12(19)7-13/h3-8H,9H2,1-2H3,(H,20,21). The summed E-state index contributed by atoms with van der Waals surface area (Å²) in [6, 6.07) is 6.97. The molecule has 0 saturated heterocycles. The molecule has 0 saturated carbocycles. The van der Waals surface area contributed by atoms with Crippen LogP contribution < -0.4 is 14.8 Å². The van der Waals surface area contributed by atoms with Crippen LogP contribution in [0.15, 0.2) is 36.4 Å². The van der Waals surface area contributed by atoms with E-state index in [0.717, 1.165) is 12.1 Å². The zero-order valence-corrected chi connectivity index (χ0v) is 13.5. The lowest BCUT2D eigenvalue weighted by Gasteiger charge is -2.09. The lowest BCUT2D eigenvalue weighted by Crippen LogP contribution is -2.21. The summed E-state index contributed by atoms with van der Waals surface area (Å²) in [5, 5.41) is 2.23. The quantitative estimate of drug-likeness (QED) is 0.810. The largest absolute Gasteiger partial charge is 0.497 e. The number of esters is 1. The molecule has 1 amide bonds. The van der Waals surface area contributed by atoms with Gasteiger partial charge in [0.1, 0.15) is 23.1 Å². The Labute approximate surface area is 142 Å². The summed E-state index contributed by atoms with van der Waals surface area (Å²) in [4.78, 5) is 23.7. The Morgan fingerprint density at radius 3 is 2.00 bits per heavy atom. The van der Waals surface area contributed by atoms with E-state index in [-0.39, 0.29) is 11.3 Å². The highest BCUT2D eigenvalue weighted by atomic mass is 19.1. The summed E-state index contributed by atoms with van der Waals surface area (Å²) in [6.07, 6.45) is 0. The van der Waals surface area contributed by atoms with Crippen molar-refractivity contribution in [1.29, 1.82) is 0 Å². The molecule has 8 heteroatoms. The predicted octanol–water partition coefficient (Wildman–Crippen LogP) is 2.78. The monoisotopic (exact) mass is 351 g/mol. The van der Waals surface area contributed by atoms with Gasteiger partial charge in [0.15, 0.2) is 6.61 Å². The molecule has 0 aromatic heterocycles. The molecular weight excluding hydrogens is 336 g/mol. The van der Waals surface area contributed by atoms with Crippen LogP contribution in [0.3, 0.4) is 0 Å². The van der Waals surface area contributed by atoms with Crippen LogP contribution in [0.2, 0.25) is 0 Å². The number of halogens is 2. The molecule has 0 aliphatic heterocycles. The Bertz CT molecular complexity index is 752. The van der Waals surface area contributed by atoms with E-state index in [1.165, 1.54) is 26.4 Å². The Morgan fingerprint density at radius 1 is 0.920 bits per heavy atom. The second-order valence-corrected chi connectivity index (χ2v) is 4.88. The highest BCUT2D eigenvalue weighted by Crippen LogP contribution is 2.23. The van der Waals surface area contributed by atoms with Crippen molar-refractivity contribution >= 4 is 17.6 Å². The van der Waals surface area contributed by atoms with E-state index in [0.29, 0.717) is 17.6 Å². The van der Waals surface area contributed by atoms with E-state index in [4.69, 9.17) is 14.2 Å². The van der Waals surface area contributed by atoms with E-state index < -0.39 is 30.1 Å². The Kier molecular flexibility index (Phi) is 5.89. The van der Waals surface area contributed by atoms with Gasteiger partial charge in [-0.05, 0) is 24.3 Å². The zero-order chi connectivity index (χ0) is 18.4. The van der Waals surface area contributed by atoms with Gasteiger partial charge in [-0.15, -0.1) is 0 Å². The lowest BCUT2D eigenvalue weighted by molar-refractivity contribution is -0.119.